The highest BCUT2D eigenvalue weighted by Gasteiger charge is 2.01. The molecule has 2 aromatic carbocycles. The minimum Gasteiger partial charge on any atom is -0.444 e. The van der Waals surface area contributed by atoms with E-state index in [0.717, 1.165) is 28.6 Å². The topological polar surface area (TPSA) is 38.1 Å². The molecule has 100 valence electrons. The van der Waals surface area contributed by atoms with Crippen LogP contribution in [0.4, 0.5) is 5.69 Å². The second kappa shape index (κ2) is 5.80. The summed E-state index contributed by atoms with van der Waals surface area (Å²) >= 11 is 5.86. The Bertz CT molecular complexity index is 661. The Balaban J connectivity index is 1.65. The fraction of sp³-hybridized carbons (Fsp3) is 0.0625. The first-order valence-corrected chi connectivity index (χ1v) is 6.66. The summed E-state index contributed by atoms with van der Waals surface area (Å²) in [4.78, 5) is 3.91. The number of rotatable bonds is 4. The van der Waals surface area contributed by atoms with Crippen molar-refractivity contribution in [3.05, 3.63) is 71.7 Å². The summed E-state index contributed by atoms with van der Waals surface area (Å²) in [6, 6.07) is 15.9. The summed E-state index contributed by atoms with van der Waals surface area (Å²) in [5, 5.41) is 4.12. The zero-order valence-corrected chi connectivity index (χ0v) is 11.5. The van der Waals surface area contributed by atoms with E-state index >= 15 is 0 Å². The highest BCUT2D eigenvalue weighted by molar-refractivity contribution is 6.30. The van der Waals surface area contributed by atoms with Gasteiger partial charge in [-0.15, -0.1) is 0 Å². The number of halogens is 1. The standard InChI is InChI=1S/C16H13ClN2O/c17-14-5-1-12(2-6-14)9-19-15-7-3-13(4-8-15)16-10-18-11-20-16/h1-8,10-11,19H,9H2. The van der Waals surface area contributed by atoms with Crippen LogP contribution in [-0.4, -0.2) is 4.98 Å². The maximum Gasteiger partial charge on any atom is 0.181 e. The van der Waals surface area contributed by atoms with Gasteiger partial charge in [-0.25, -0.2) is 4.98 Å². The summed E-state index contributed by atoms with van der Waals surface area (Å²) < 4.78 is 5.26. The Hall–Kier alpha value is -2.26. The second-order valence-corrected chi connectivity index (χ2v) is 4.86. The van der Waals surface area contributed by atoms with Crippen molar-refractivity contribution < 1.29 is 4.42 Å². The molecule has 0 aliphatic rings. The molecule has 4 heteroatoms. The Morgan fingerprint density at radius 3 is 2.40 bits per heavy atom. The first-order chi connectivity index (χ1) is 9.81. The number of nitrogens with zero attached hydrogens (tertiary/aromatic N) is 1. The molecule has 0 saturated carbocycles. The van der Waals surface area contributed by atoms with E-state index in [2.05, 4.69) is 10.3 Å². The lowest BCUT2D eigenvalue weighted by molar-refractivity contribution is 0.572. The van der Waals surface area contributed by atoms with Crippen molar-refractivity contribution in [2.75, 3.05) is 5.32 Å². The number of oxazole rings is 1. The number of hydrogen-bond acceptors (Lipinski definition) is 3. The maximum atomic E-state index is 5.86. The smallest absolute Gasteiger partial charge is 0.181 e. The second-order valence-electron chi connectivity index (χ2n) is 4.42. The van der Waals surface area contributed by atoms with Gasteiger partial charge < -0.3 is 9.73 Å². The fourth-order valence-electron chi connectivity index (χ4n) is 1.92. The quantitative estimate of drug-likeness (QED) is 0.760. The molecule has 3 rings (SSSR count). The molecule has 3 nitrogen and oxygen atoms in total. The predicted molar refractivity (Wildman–Crippen MR) is 80.7 cm³/mol. The van der Waals surface area contributed by atoms with E-state index in [0.29, 0.717) is 0 Å². The third kappa shape index (κ3) is 3.00. The van der Waals surface area contributed by atoms with Crippen molar-refractivity contribution in [3.8, 4) is 11.3 Å². The van der Waals surface area contributed by atoms with Gasteiger partial charge in [-0.3, -0.25) is 0 Å². The van der Waals surface area contributed by atoms with Gasteiger partial charge in [0, 0.05) is 22.8 Å². The van der Waals surface area contributed by atoms with E-state index in [1.165, 1.54) is 12.0 Å². The van der Waals surface area contributed by atoms with Crippen molar-refractivity contribution in [1.82, 2.24) is 4.98 Å². The molecule has 0 radical (unpaired) electrons. The zero-order chi connectivity index (χ0) is 13.8. The van der Waals surface area contributed by atoms with Gasteiger partial charge in [0.15, 0.2) is 12.2 Å². The lowest BCUT2D eigenvalue weighted by Gasteiger charge is -2.07. The molecule has 1 heterocycles. The number of benzene rings is 2. The lowest BCUT2D eigenvalue weighted by Crippen LogP contribution is -1.98. The van der Waals surface area contributed by atoms with Crippen molar-refractivity contribution >= 4 is 17.3 Å². The van der Waals surface area contributed by atoms with Gasteiger partial charge in [0.1, 0.15) is 0 Å². The van der Waals surface area contributed by atoms with E-state index < -0.39 is 0 Å². The van der Waals surface area contributed by atoms with Crippen molar-refractivity contribution in [2.45, 2.75) is 6.54 Å². The molecule has 20 heavy (non-hydrogen) atoms. The molecule has 0 amide bonds. The van der Waals surface area contributed by atoms with Crippen LogP contribution in [0.1, 0.15) is 5.56 Å². The van der Waals surface area contributed by atoms with E-state index in [1.807, 2.05) is 48.5 Å². The van der Waals surface area contributed by atoms with E-state index in [9.17, 15) is 0 Å². The molecule has 1 N–H and O–H groups in total. The van der Waals surface area contributed by atoms with Gasteiger partial charge >= 0.3 is 0 Å². The molecule has 0 saturated heterocycles. The van der Waals surface area contributed by atoms with Crippen molar-refractivity contribution in [2.24, 2.45) is 0 Å². The molecule has 0 atom stereocenters. The van der Waals surface area contributed by atoms with Crippen LogP contribution in [0.25, 0.3) is 11.3 Å². The van der Waals surface area contributed by atoms with E-state index in [-0.39, 0.29) is 0 Å². The van der Waals surface area contributed by atoms with Crippen LogP contribution in [-0.2, 0) is 6.54 Å². The van der Waals surface area contributed by atoms with Crippen LogP contribution >= 0.6 is 11.6 Å². The normalized spacial score (nSPS) is 10.4. The van der Waals surface area contributed by atoms with Gasteiger partial charge in [-0.2, -0.15) is 0 Å². The summed E-state index contributed by atoms with van der Waals surface area (Å²) in [5.41, 5.74) is 3.26. The molecular formula is C16H13ClN2O. The first kappa shape index (κ1) is 12.8. The minimum absolute atomic E-state index is 0.755. The summed E-state index contributed by atoms with van der Waals surface area (Å²) in [7, 11) is 0. The van der Waals surface area contributed by atoms with Crippen LogP contribution in [0.5, 0.6) is 0 Å². The largest absolute Gasteiger partial charge is 0.444 e. The molecular weight excluding hydrogens is 272 g/mol. The first-order valence-electron chi connectivity index (χ1n) is 6.28. The third-order valence-corrected chi connectivity index (χ3v) is 3.26. The third-order valence-electron chi connectivity index (χ3n) is 3.01. The fourth-order valence-corrected chi connectivity index (χ4v) is 2.04. The predicted octanol–water partition coefficient (Wildman–Crippen LogP) is 4.61. The Morgan fingerprint density at radius 2 is 1.75 bits per heavy atom. The maximum absolute atomic E-state index is 5.86. The number of aromatic nitrogens is 1. The van der Waals surface area contributed by atoms with E-state index in [4.69, 9.17) is 16.0 Å². The molecule has 0 bridgehead atoms. The van der Waals surface area contributed by atoms with Gasteiger partial charge in [0.2, 0.25) is 0 Å². The Labute approximate surface area is 122 Å². The average molecular weight is 285 g/mol. The Kier molecular flexibility index (Phi) is 3.70. The van der Waals surface area contributed by atoms with Crippen LogP contribution < -0.4 is 5.32 Å². The molecule has 1 aromatic heterocycles. The van der Waals surface area contributed by atoms with Crippen LogP contribution in [0.3, 0.4) is 0 Å². The molecule has 0 aliphatic heterocycles. The van der Waals surface area contributed by atoms with Crippen molar-refractivity contribution in [3.63, 3.8) is 0 Å². The van der Waals surface area contributed by atoms with Gasteiger partial charge in [0.05, 0.1) is 6.20 Å². The summed E-state index contributed by atoms with van der Waals surface area (Å²) in [6.45, 7) is 0.763. The summed E-state index contributed by atoms with van der Waals surface area (Å²) in [6.07, 6.45) is 3.14. The summed E-state index contributed by atoms with van der Waals surface area (Å²) in [5.74, 6) is 0.772. The van der Waals surface area contributed by atoms with Gasteiger partial charge in [-0.1, -0.05) is 23.7 Å². The average Bonchev–Trinajstić information content (AvgIpc) is 3.01. The molecule has 0 unspecified atom stereocenters. The van der Waals surface area contributed by atoms with Gasteiger partial charge in [0.25, 0.3) is 0 Å². The molecule has 0 spiro atoms. The van der Waals surface area contributed by atoms with Gasteiger partial charge in [-0.05, 0) is 42.0 Å². The molecule has 0 fully saturated rings. The SMILES string of the molecule is Clc1ccc(CNc2ccc(-c3cnco3)cc2)cc1. The van der Waals surface area contributed by atoms with Crippen LogP contribution in [0.15, 0.2) is 65.5 Å². The number of nitrogens with one attached hydrogen (secondary N) is 1. The monoisotopic (exact) mass is 284 g/mol. The van der Waals surface area contributed by atoms with E-state index in [1.54, 1.807) is 6.20 Å². The number of anilines is 1. The lowest BCUT2D eigenvalue weighted by atomic mass is 10.1. The minimum atomic E-state index is 0.755. The Morgan fingerprint density at radius 1 is 1.00 bits per heavy atom. The highest BCUT2D eigenvalue weighted by Crippen LogP contribution is 2.21. The number of hydrogen-bond donors (Lipinski definition) is 1. The zero-order valence-electron chi connectivity index (χ0n) is 10.7. The molecule has 0 aliphatic carbocycles. The van der Waals surface area contributed by atoms with Crippen molar-refractivity contribution in [1.29, 1.82) is 0 Å². The highest BCUT2D eigenvalue weighted by atomic mass is 35.5. The molecule has 3 aromatic rings. The van der Waals surface area contributed by atoms with Crippen LogP contribution in [0.2, 0.25) is 5.02 Å². The van der Waals surface area contributed by atoms with Crippen LogP contribution in [0, 0.1) is 0 Å².